The summed E-state index contributed by atoms with van der Waals surface area (Å²) < 4.78 is 11.0. The molecule has 3 fully saturated rings. The molecule has 8 nitrogen and oxygen atoms in total. The van der Waals surface area contributed by atoms with Crippen LogP contribution in [0.2, 0.25) is 0 Å². The Morgan fingerprint density at radius 2 is 2.18 bits per heavy atom. The normalized spacial score (nSPS) is 25.9. The SMILES string of the molecule is CC/C=C(\C=C(/N)NC1OC1Cc1cccc(/C(=C/NCCOC)CC)c1)N1CCC(C#N)(C2CC2)C1=O. The predicted molar refractivity (Wildman–Crippen MR) is 148 cm³/mol. The number of amides is 1. The summed E-state index contributed by atoms with van der Waals surface area (Å²) in [4.78, 5) is 15.0. The third kappa shape index (κ3) is 6.40. The fourth-order valence-electron chi connectivity index (χ4n) is 5.26. The number of carbonyl (C=O) groups is 1. The van der Waals surface area contributed by atoms with Gasteiger partial charge in [-0.2, -0.15) is 5.26 Å². The number of epoxide rings is 1. The molecule has 2 aliphatic heterocycles. The fourth-order valence-corrected chi connectivity index (χ4v) is 5.26. The molecule has 3 aliphatic rings. The van der Waals surface area contributed by atoms with Gasteiger partial charge in [-0.3, -0.25) is 4.79 Å². The van der Waals surface area contributed by atoms with Crippen molar-refractivity contribution in [2.45, 2.75) is 64.7 Å². The Morgan fingerprint density at radius 1 is 1.37 bits per heavy atom. The average molecular weight is 520 g/mol. The van der Waals surface area contributed by atoms with Gasteiger partial charge in [-0.05, 0) is 54.7 Å². The van der Waals surface area contributed by atoms with Crippen LogP contribution in [0, 0.1) is 22.7 Å². The number of likely N-dealkylation sites (tertiary alicyclic amines) is 1. The summed E-state index contributed by atoms with van der Waals surface area (Å²) in [5.74, 6) is 0.571. The Kier molecular flexibility index (Phi) is 9.13. The van der Waals surface area contributed by atoms with Gasteiger partial charge in [0.05, 0.1) is 12.7 Å². The minimum atomic E-state index is -0.866. The van der Waals surface area contributed by atoms with E-state index in [0.717, 1.165) is 44.3 Å². The maximum Gasteiger partial charge on any atom is 0.247 e. The molecule has 4 N–H and O–H groups in total. The van der Waals surface area contributed by atoms with E-state index in [-0.39, 0.29) is 24.2 Å². The number of benzene rings is 1. The summed E-state index contributed by atoms with van der Waals surface area (Å²) in [6, 6.07) is 10.9. The Hall–Kier alpha value is -3.28. The van der Waals surface area contributed by atoms with Gasteiger partial charge in [-0.1, -0.05) is 44.2 Å². The second-order valence-electron chi connectivity index (χ2n) is 10.3. The Balaban J connectivity index is 1.34. The fraction of sp³-hybridized carbons (Fsp3) is 0.533. The van der Waals surface area contributed by atoms with Gasteiger partial charge in [-0.25, -0.2) is 0 Å². The molecule has 3 unspecified atom stereocenters. The van der Waals surface area contributed by atoms with Crippen LogP contribution in [0.4, 0.5) is 0 Å². The van der Waals surface area contributed by atoms with Crippen molar-refractivity contribution in [2.75, 3.05) is 26.8 Å². The Morgan fingerprint density at radius 3 is 2.87 bits per heavy atom. The third-order valence-corrected chi connectivity index (χ3v) is 7.59. The van der Waals surface area contributed by atoms with Crippen LogP contribution in [0.1, 0.15) is 57.1 Å². The zero-order chi connectivity index (χ0) is 27.1. The topological polar surface area (TPSA) is 116 Å². The van der Waals surface area contributed by atoms with E-state index in [1.807, 2.05) is 13.0 Å². The minimum absolute atomic E-state index is 0.0270. The van der Waals surface area contributed by atoms with E-state index in [1.54, 1.807) is 18.1 Å². The Labute approximate surface area is 226 Å². The molecule has 0 spiro atoms. The number of ether oxygens (including phenoxy) is 2. The molecule has 8 heteroatoms. The molecule has 1 aromatic carbocycles. The molecule has 0 bridgehead atoms. The number of hydrogen-bond donors (Lipinski definition) is 3. The highest BCUT2D eigenvalue weighted by atomic mass is 16.6. The van der Waals surface area contributed by atoms with Gasteiger partial charge >= 0.3 is 0 Å². The molecule has 1 aromatic rings. The van der Waals surface area contributed by atoms with Gasteiger partial charge in [0.2, 0.25) is 5.91 Å². The first-order valence-electron chi connectivity index (χ1n) is 13.8. The number of rotatable bonds is 14. The monoisotopic (exact) mass is 519 g/mol. The standard InChI is InChI=1S/C30H41N5O3/c1-4-7-25(35-14-12-30(20-31,29(35)36)24-10-11-24)18-27(32)34-28-26(38-28)17-21-8-6-9-23(16-21)22(5-2)19-33-13-15-37-3/h6-9,16,18-19,24,26,28,33-34H,4-5,10-15,17,32H2,1-3H3/b22-19+,25-7+,27-18+. The molecule has 0 aromatic heterocycles. The number of nitrogens with one attached hydrogen (secondary N) is 2. The Bertz CT molecular complexity index is 1130. The van der Waals surface area contributed by atoms with Crippen molar-refractivity contribution in [3.05, 3.63) is 65.3 Å². The van der Waals surface area contributed by atoms with Crippen molar-refractivity contribution in [3.8, 4) is 6.07 Å². The maximum atomic E-state index is 13.2. The van der Waals surface area contributed by atoms with E-state index in [2.05, 4.69) is 54.1 Å². The molecule has 1 aliphatic carbocycles. The van der Waals surface area contributed by atoms with Gasteiger partial charge in [-0.15, -0.1) is 0 Å². The lowest BCUT2D eigenvalue weighted by Crippen LogP contribution is -2.35. The summed E-state index contributed by atoms with van der Waals surface area (Å²) in [5, 5.41) is 16.4. The van der Waals surface area contributed by atoms with E-state index in [9.17, 15) is 10.1 Å². The smallest absolute Gasteiger partial charge is 0.247 e. The summed E-state index contributed by atoms with van der Waals surface area (Å²) in [6.45, 7) is 6.17. The largest absolute Gasteiger partial charge is 0.388 e. The molecule has 2 heterocycles. The van der Waals surface area contributed by atoms with Crippen molar-refractivity contribution in [2.24, 2.45) is 17.1 Å². The summed E-state index contributed by atoms with van der Waals surface area (Å²) in [5.41, 5.74) is 9.88. The molecular weight excluding hydrogens is 478 g/mol. The highest BCUT2D eigenvalue weighted by Gasteiger charge is 2.56. The van der Waals surface area contributed by atoms with E-state index in [1.165, 1.54) is 16.7 Å². The van der Waals surface area contributed by atoms with Gasteiger partial charge in [0, 0.05) is 44.6 Å². The van der Waals surface area contributed by atoms with Gasteiger partial charge in [0.15, 0.2) is 6.23 Å². The number of nitriles is 1. The molecular formula is C30H41N5O3. The minimum Gasteiger partial charge on any atom is -0.388 e. The van der Waals surface area contributed by atoms with E-state index < -0.39 is 5.41 Å². The number of carbonyl (C=O) groups excluding carboxylic acids is 1. The number of methoxy groups -OCH3 is 1. The molecule has 204 valence electrons. The summed E-state index contributed by atoms with van der Waals surface area (Å²) in [7, 11) is 1.70. The number of allylic oxidation sites excluding steroid dienone is 3. The first-order valence-corrected chi connectivity index (χ1v) is 13.8. The van der Waals surface area contributed by atoms with Crippen molar-refractivity contribution in [1.82, 2.24) is 15.5 Å². The molecule has 2 saturated heterocycles. The van der Waals surface area contributed by atoms with Crippen LogP contribution >= 0.6 is 0 Å². The van der Waals surface area contributed by atoms with Gasteiger partial charge in [0.25, 0.3) is 0 Å². The van der Waals surface area contributed by atoms with Crippen molar-refractivity contribution in [3.63, 3.8) is 0 Å². The lowest BCUT2D eigenvalue weighted by atomic mass is 9.83. The summed E-state index contributed by atoms with van der Waals surface area (Å²) >= 11 is 0. The second kappa shape index (κ2) is 12.5. The molecule has 0 radical (unpaired) electrons. The number of hydrogen-bond acceptors (Lipinski definition) is 7. The highest BCUT2D eigenvalue weighted by molar-refractivity contribution is 5.90. The van der Waals surface area contributed by atoms with Crippen LogP contribution < -0.4 is 16.4 Å². The van der Waals surface area contributed by atoms with Crippen LogP contribution in [-0.2, 0) is 20.7 Å². The van der Waals surface area contributed by atoms with Gasteiger partial charge in [0.1, 0.15) is 17.3 Å². The van der Waals surface area contributed by atoms with E-state index >= 15 is 0 Å². The van der Waals surface area contributed by atoms with Crippen LogP contribution in [0.25, 0.3) is 5.57 Å². The maximum absolute atomic E-state index is 13.2. The molecule has 4 rings (SSSR count). The first-order chi connectivity index (χ1) is 18.4. The lowest BCUT2D eigenvalue weighted by Gasteiger charge is -2.22. The van der Waals surface area contributed by atoms with Crippen LogP contribution in [0.15, 0.2) is 54.1 Å². The zero-order valence-electron chi connectivity index (χ0n) is 22.8. The molecule has 3 atom stereocenters. The highest BCUT2D eigenvalue weighted by Crippen LogP contribution is 2.51. The average Bonchev–Trinajstić information content (AvgIpc) is 3.85. The van der Waals surface area contributed by atoms with Crippen LogP contribution in [0.3, 0.4) is 0 Å². The van der Waals surface area contributed by atoms with Crippen LogP contribution in [-0.4, -0.2) is 49.9 Å². The van der Waals surface area contributed by atoms with Gasteiger partial charge < -0.3 is 30.7 Å². The van der Waals surface area contributed by atoms with E-state index in [0.29, 0.717) is 25.4 Å². The van der Waals surface area contributed by atoms with Crippen molar-refractivity contribution < 1.29 is 14.3 Å². The van der Waals surface area contributed by atoms with Crippen molar-refractivity contribution in [1.29, 1.82) is 5.26 Å². The predicted octanol–water partition coefficient (Wildman–Crippen LogP) is 3.78. The molecule has 1 amide bonds. The number of nitrogens with zero attached hydrogens (tertiary/aromatic N) is 2. The summed E-state index contributed by atoms with van der Waals surface area (Å²) in [6.07, 6.45) is 10.7. The zero-order valence-corrected chi connectivity index (χ0v) is 22.8. The third-order valence-electron chi connectivity index (χ3n) is 7.59. The second-order valence-corrected chi connectivity index (χ2v) is 10.3. The lowest BCUT2D eigenvalue weighted by molar-refractivity contribution is -0.132. The first kappa shape index (κ1) is 27.7. The number of nitrogens with two attached hydrogens (primary N) is 1. The van der Waals surface area contributed by atoms with Crippen molar-refractivity contribution >= 4 is 11.5 Å². The molecule has 1 saturated carbocycles. The van der Waals surface area contributed by atoms with Crippen LogP contribution in [0.5, 0.6) is 0 Å². The molecule has 38 heavy (non-hydrogen) atoms. The quantitative estimate of drug-likeness (QED) is 0.195. The van der Waals surface area contributed by atoms with E-state index in [4.69, 9.17) is 15.2 Å².